The zero-order chi connectivity index (χ0) is 14.8. The lowest BCUT2D eigenvalue weighted by atomic mass is 10.3. The molecule has 1 N–H and O–H groups in total. The maximum atomic E-state index is 12.3. The lowest BCUT2D eigenvalue weighted by Crippen LogP contribution is -2.57. The van der Waals surface area contributed by atoms with Crippen LogP contribution < -0.4 is 5.32 Å². The van der Waals surface area contributed by atoms with Crippen LogP contribution in [0.4, 0.5) is 0 Å². The number of rotatable bonds is 1. The normalized spacial score (nSPS) is 24.6. The van der Waals surface area contributed by atoms with Gasteiger partial charge in [-0.05, 0) is 0 Å². The summed E-state index contributed by atoms with van der Waals surface area (Å²) in [7, 11) is -3.38. The van der Waals surface area contributed by atoms with Gasteiger partial charge in [-0.3, -0.25) is 9.59 Å². The van der Waals surface area contributed by atoms with E-state index < -0.39 is 27.0 Å². The van der Waals surface area contributed by atoms with E-state index in [2.05, 4.69) is 5.32 Å². The molecule has 2 fully saturated rings. The number of sulfone groups is 1. The summed E-state index contributed by atoms with van der Waals surface area (Å²) >= 11 is 1.49. The maximum Gasteiger partial charge on any atom is 0.313 e. The Balaban J connectivity index is 2.11. The van der Waals surface area contributed by atoms with Gasteiger partial charge in [-0.2, -0.15) is 11.8 Å². The Morgan fingerprint density at radius 1 is 1.15 bits per heavy atom. The molecule has 2 heterocycles. The fourth-order valence-electron chi connectivity index (χ4n) is 2.29. The van der Waals surface area contributed by atoms with Crippen LogP contribution in [-0.2, 0) is 19.4 Å². The highest BCUT2D eigenvalue weighted by Crippen LogP contribution is 2.20. The van der Waals surface area contributed by atoms with Gasteiger partial charge in [-0.15, -0.1) is 0 Å². The van der Waals surface area contributed by atoms with E-state index in [1.54, 1.807) is 0 Å². The molecule has 0 bridgehead atoms. The predicted octanol–water partition coefficient (Wildman–Crippen LogP) is -1.64. The van der Waals surface area contributed by atoms with Gasteiger partial charge in [0.2, 0.25) is 0 Å². The molecule has 9 heteroatoms. The lowest BCUT2D eigenvalue weighted by Gasteiger charge is -2.35. The summed E-state index contributed by atoms with van der Waals surface area (Å²) < 4.78 is 23.5. The van der Waals surface area contributed by atoms with Gasteiger partial charge in [-0.1, -0.05) is 0 Å². The van der Waals surface area contributed by atoms with Crippen molar-refractivity contribution in [1.29, 1.82) is 0 Å². The average Bonchev–Trinajstić information content (AvgIpc) is 2.46. The van der Waals surface area contributed by atoms with Gasteiger partial charge in [-0.25, -0.2) is 8.42 Å². The minimum atomic E-state index is -3.38. The SMILES string of the molecule is CS(=O)(=O)C1CSCCN1C(=O)C(=O)N1CCNCC1. The zero-order valence-electron chi connectivity index (χ0n) is 11.4. The Morgan fingerprint density at radius 3 is 2.40 bits per heavy atom. The Kier molecular flexibility index (Phi) is 4.92. The molecule has 1 unspecified atom stereocenters. The first kappa shape index (κ1) is 15.6. The summed E-state index contributed by atoms with van der Waals surface area (Å²) in [4.78, 5) is 27.2. The number of hydrogen-bond acceptors (Lipinski definition) is 6. The van der Waals surface area contributed by atoms with Crippen molar-refractivity contribution in [2.45, 2.75) is 5.37 Å². The highest BCUT2D eigenvalue weighted by atomic mass is 32.2. The molecular formula is C11H19N3O4S2. The van der Waals surface area contributed by atoms with Crippen molar-refractivity contribution in [2.24, 2.45) is 0 Å². The predicted molar refractivity (Wildman–Crippen MR) is 77.1 cm³/mol. The monoisotopic (exact) mass is 321 g/mol. The summed E-state index contributed by atoms with van der Waals surface area (Å²) in [6.45, 7) is 2.58. The second kappa shape index (κ2) is 6.31. The average molecular weight is 321 g/mol. The van der Waals surface area contributed by atoms with Gasteiger partial charge in [0, 0.05) is 50.5 Å². The van der Waals surface area contributed by atoms with E-state index in [1.807, 2.05) is 0 Å². The maximum absolute atomic E-state index is 12.3. The van der Waals surface area contributed by atoms with Crippen LogP contribution in [0.25, 0.3) is 0 Å². The molecule has 2 amide bonds. The minimum absolute atomic E-state index is 0.305. The van der Waals surface area contributed by atoms with E-state index in [1.165, 1.54) is 21.6 Å². The molecule has 0 spiro atoms. The molecule has 0 aromatic heterocycles. The molecule has 1 atom stereocenters. The number of carbonyl (C=O) groups is 2. The van der Waals surface area contributed by atoms with Crippen molar-refractivity contribution in [3.05, 3.63) is 0 Å². The quantitative estimate of drug-likeness (QED) is 0.583. The molecule has 7 nitrogen and oxygen atoms in total. The third kappa shape index (κ3) is 3.44. The number of nitrogens with one attached hydrogen (secondary N) is 1. The molecule has 2 saturated heterocycles. The molecule has 0 aliphatic carbocycles. The van der Waals surface area contributed by atoms with Crippen LogP contribution in [0.2, 0.25) is 0 Å². The Labute approximate surface area is 123 Å². The second-order valence-corrected chi connectivity index (χ2v) is 8.25. The van der Waals surface area contributed by atoms with Crippen molar-refractivity contribution >= 4 is 33.4 Å². The van der Waals surface area contributed by atoms with E-state index >= 15 is 0 Å². The largest absolute Gasteiger partial charge is 0.332 e. The first-order chi connectivity index (χ1) is 9.41. The fourth-order valence-corrected chi connectivity index (χ4v) is 5.11. The third-order valence-corrected chi connectivity index (χ3v) is 6.07. The Morgan fingerprint density at radius 2 is 1.80 bits per heavy atom. The minimum Gasteiger partial charge on any atom is -0.332 e. The highest BCUT2D eigenvalue weighted by molar-refractivity contribution is 8.00. The zero-order valence-corrected chi connectivity index (χ0v) is 13.0. The van der Waals surface area contributed by atoms with Crippen LogP contribution >= 0.6 is 11.8 Å². The van der Waals surface area contributed by atoms with Gasteiger partial charge in [0.1, 0.15) is 5.37 Å². The topological polar surface area (TPSA) is 86.8 Å². The van der Waals surface area contributed by atoms with Crippen molar-refractivity contribution in [3.63, 3.8) is 0 Å². The lowest BCUT2D eigenvalue weighted by molar-refractivity contribution is -0.152. The first-order valence-electron chi connectivity index (χ1n) is 6.48. The summed E-state index contributed by atoms with van der Waals surface area (Å²) in [5.41, 5.74) is 0. The van der Waals surface area contributed by atoms with E-state index in [4.69, 9.17) is 0 Å². The fraction of sp³-hybridized carbons (Fsp3) is 0.818. The van der Waals surface area contributed by atoms with E-state index in [0.717, 1.165) is 6.26 Å². The number of nitrogens with zero attached hydrogens (tertiary/aromatic N) is 2. The molecule has 2 aliphatic rings. The number of hydrogen-bond donors (Lipinski definition) is 1. The molecule has 2 aliphatic heterocycles. The molecule has 0 aromatic carbocycles. The molecule has 0 aromatic rings. The van der Waals surface area contributed by atoms with Gasteiger partial charge >= 0.3 is 11.8 Å². The summed E-state index contributed by atoms with van der Waals surface area (Å²) in [5.74, 6) is -0.291. The molecule has 20 heavy (non-hydrogen) atoms. The Bertz CT molecular complexity index is 488. The van der Waals surface area contributed by atoms with Crippen molar-refractivity contribution in [3.8, 4) is 0 Å². The molecule has 0 saturated carbocycles. The highest BCUT2D eigenvalue weighted by Gasteiger charge is 2.38. The Hall–Kier alpha value is -0.800. The van der Waals surface area contributed by atoms with Crippen LogP contribution in [0.5, 0.6) is 0 Å². The second-order valence-electron chi connectivity index (χ2n) is 4.90. The number of carbonyl (C=O) groups excluding carboxylic acids is 2. The van der Waals surface area contributed by atoms with E-state index in [9.17, 15) is 18.0 Å². The summed E-state index contributed by atoms with van der Waals surface area (Å²) in [6.07, 6.45) is 1.11. The van der Waals surface area contributed by atoms with E-state index in [0.29, 0.717) is 44.2 Å². The summed E-state index contributed by atoms with van der Waals surface area (Å²) in [5, 5.41) is 2.21. The van der Waals surface area contributed by atoms with Crippen LogP contribution in [0.3, 0.4) is 0 Å². The van der Waals surface area contributed by atoms with Crippen LogP contribution in [0.15, 0.2) is 0 Å². The van der Waals surface area contributed by atoms with Crippen molar-refractivity contribution < 1.29 is 18.0 Å². The molecular weight excluding hydrogens is 302 g/mol. The van der Waals surface area contributed by atoms with Gasteiger partial charge < -0.3 is 15.1 Å². The van der Waals surface area contributed by atoms with E-state index in [-0.39, 0.29) is 0 Å². The number of piperazine rings is 1. The van der Waals surface area contributed by atoms with Gasteiger partial charge in [0.05, 0.1) is 0 Å². The number of thioether (sulfide) groups is 1. The van der Waals surface area contributed by atoms with Crippen molar-refractivity contribution in [1.82, 2.24) is 15.1 Å². The standard InChI is InChI=1S/C11H19N3O4S2/c1-20(17,18)9-8-19-7-6-14(9)11(16)10(15)13-4-2-12-3-5-13/h9,12H,2-8H2,1H3. The third-order valence-electron chi connectivity index (χ3n) is 3.43. The smallest absolute Gasteiger partial charge is 0.313 e. The molecule has 114 valence electrons. The van der Waals surface area contributed by atoms with Crippen LogP contribution in [-0.4, -0.2) is 85.9 Å². The molecule has 0 radical (unpaired) electrons. The first-order valence-corrected chi connectivity index (χ1v) is 9.59. The number of amides is 2. The van der Waals surface area contributed by atoms with Crippen molar-refractivity contribution in [2.75, 3.05) is 50.5 Å². The van der Waals surface area contributed by atoms with Gasteiger partial charge in [0.25, 0.3) is 0 Å². The van der Waals surface area contributed by atoms with Crippen LogP contribution in [0.1, 0.15) is 0 Å². The molecule has 2 rings (SSSR count). The van der Waals surface area contributed by atoms with Gasteiger partial charge in [0.15, 0.2) is 9.84 Å². The summed E-state index contributed by atoms with van der Waals surface area (Å²) in [6, 6.07) is 0. The van der Waals surface area contributed by atoms with Crippen LogP contribution in [0, 0.1) is 0 Å².